The fraction of sp³-hybridized carbons (Fsp3) is 0.318. The molecule has 6 nitrogen and oxygen atoms in total. The van der Waals surface area contributed by atoms with Crippen molar-refractivity contribution in [3.05, 3.63) is 65.7 Å². The fourth-order valence-corrected chi connectivity index (χ4v) is 3.39. The van der Waals surface area contributed by atoms with E-state index in [1.807, 2.05) is 30.3 Å². The maximum Gasteiger partial charge on any atom is 0.253 e. The second-order valence-corrected chi connectivity index (χ2v) is 7.03. The molecule has 1 heterocycles. The highest BCUT2D eigenvalue weighted by Gasteiger charge is 2.27. The maximum absolute atomic E-state index is 12.7. The zero-order chi connectivity index (χ0) is 19.9. The van der Waals surface area contributed by atoms with E-state index in [0.29, 0.717) is 43.7 Å². The Balaban J connectivity index is 1.51. The average molecular weight is 379 g/mol. The summed E-state index contributed by atoms with van der Waals surface area (Å²) in [6.45, 7) is 3.05. The van der Waals surface area contributed by atoms with Crippen LogP contribution in [0.15, 0.2) is 54.6 Å². The van der Waals surface area contributed by atoms with E-state index in [2.05, 4.69) is 10.6 Å². The third-order valence-corrected chi connectivity index (χ3v) is 4.89. The van der Waals surface area contributed by atoms with Crippen LogP contribution in [-0.2, 0) is 16.1 Å². The first-order valence-corrected chi connectivity index (χ1v) is 9.51. The predicted octanol–water partition coefficient (Wildman–Crippen LogP) is 2.81. The van der Waals surface area contributed by atoms with Crippen molar-refractivity contribution in [1.82, 2.24) is 10.2 Å². The van der Waals surface area contributed by atoms with E-state index in [-0.39, 0.29) is 23.6 Å². The summed E-state index contributed by atoms with van der Waals surface area (Å²) < 4.78 is 0. The van der Waals surface area contributed by atoms with Crippen LogP contribution < -0.4 is 10.6 Å². The van der Waals surface area contributed by atoms with Gasteiger partial charge in [0.25, 0.3) is 5.91 Å². The summed E-state index contributed by atoms with van der Waals surface area (Å²) in [6, 6.07) is 16.7. The molecule has 0 unspecified atom stereocenters. The second-order valence-electron chi connectivity index (χ2n) is 7.03. The van der Waals surface area contributed by atoms with Crippen LogP contribution in [-0.4, -0.2) is 35.7 Å². The van der Waals surface area contributed by atoms with Gasteiger partial charge in [0.15, 0.2) is 0 Å². The zero-order valence-corrected chi connectivity index (χ0v) is 16.0. The Morgan fingerprint density at radius 2 is 1.71 bits per heavy atom. The minimum atomic E-state index is -0.174. The Labute approximate surface area is 164 Å². The van der Waals surface area contributed by atoms with E-state index in [0.717, 1.165) is 5.56 Å². The molecule has 1 aliphatic rings. The van der Waals surface area contributed by atoms with Gasteiger partial charge < -0.3 is 15.5 Å². The molecule has 2 aromatic carbocycles. The number of amides is 3. The molecular formula is C22H25N3O3. The molecule has 1 saturated heterocycles. The maximum atomic E-state index is 12.7. The SMILES string of the molecule is CC(=O)Nc1cccc(C(=O)N2CCC(C(=O)NCc3ccccc3)CC2)c1. The largest absolute Gasteiger partial charge is 0.352 e. The van der Waals surface area contributed by atoms with Crippen molar-refractivity contribution < 1.29 is 14.4 Å². The number of nitrogens with one attached hydrogen (secondary N) is 2. The number of hydrogen-bond donors (Lipinski definition) is 2. The van der Waals surface area contributed by atoms with Crippen LogP contribution in [0.25, 0.3) is 0 Å². The first kappa shape index (κ1) is 19.6. The van der Waals surface area contributed by atoms with Gasteiger partial charge in [0.1, 0.15) is 0 Å². The molecular weight excluding hydrogens is 354 g/mol. The zero-order valence-electron chi connectivity index (χ0n) is 16.0. The average Bonchev–Trinajstić information content (AvgIpc) is 2.72. The minimum Gasteiger partial charge on any atom is -0.352 e. The molecule has 3 rings (SSSR count). The van der Waals surface area contributed by atoms with Gasteiger partial charge >= 0.3 is 0 Å². The topological polar surface area (TPSA) is 78.5 Å². The Morgan fingerprint density at radius 3 is 2.39 bits per heavy atom. The number of nitrogens with zero attached hydrogens (tertiary/aromatic N) is 1. The number of carbonyl (C=O) groups is 3. The fourth-order valence-electron chi connectivity index (χ4n) is 3.39. The minimum absolute atomic E-state index is 0.0450. The van der Waals surface area contributed by atoms with Crippen LogP contribution in [0.5, 0.6) is 0 Å². The van der Waals surface area contributed by atoms with Gasteiger partial charge in [-0.3, -0.25) is 14.4 Å². The van der Waals surface area contributed by atoms with Crippen LogP contribution in [0, 0.1) is 5.92 Å². The highest BCUT2D eigenvalue weighted by Crippen LogP contribution is 2.20. The van der Waals surface area contributed by atoms with Crippen molar-refractivity contribution in [2.24, 2.45) is 5.92 Å². The van der Waals surface area contributed by atoms with Crippen LogP contribution in [0.2, 0.25) is 0 Å². The molecule has 0 radical (unpaired) electrons. The Bertz CT molecular complexity index is 843. The van der Waals surface area contributed by atoms with Crippen molar-refractivity contribution >= 4 is 23.4 Å². The summed E-state index contributed by atoms with van der Waals surface area (Å²) in [4.78, 5) is 38.1. The number of hydrogen-bond acceptors (Lipinski definition) is 3. The molecule has 6 heteroatoms. The van der Waals surface area contributed by atoms with Crippen molar-refractivity contribution in [1.29, 1.82) is 0 Å². The quantitative estimate of drug-likeness (QED) is 0.838. The van der Waals surface area contributed by atoms with E-state index >= 15 is 0 Å². The lowest BCUT2D eigenvalue weighted by Crippen LogP contribution is -2.42. The van der Waals surface area contributed by atoms with E-state index < -0.39 is 0 Å². The summed E-state index contributed by atoms with van der Waals surface area (Å²) in [5, 5.41) is 5.68. The number of rotatable bonds is 5. The number of anilines is 1. The Kier molecular flexibility index (Phi) is 6.42. The van der Waals surface area contributed by atoms with Crippen molar-refractivity contribution in [3.63, 3.8) is 0 Å². The van der Waals surface area contributed by atoms with Gasteiger partial charge in [-0.1, -0.05) is 36.4 Å². The van der Waals surface area contributed by atoms with Gasteiger partial charge in [0, 0.05) is 43.7 Å². The Hall–Kier alpha value is -3.15. The van der Waals surface area contributed by atoms with E-state index in [4.69, 9.17) is 0 Å². The summed E-state index contributed by atoms with van der Waals surface area (Å²) in [5.41, 5.74) is 2.22. The summed E-state index contributed by atoms with van der Waals surface area (Å²) in [7, 11) is 0. The summed E-state index contributed by atoms with van der Waals surface area (Å²) in [5.74, 6) is -0.274. The van der Waals surface area contributed by atoms with E-state index in [1.165, 1.54) is 6.92 Å². The van der Waals surface area contributed by atoms with Gasteiger partial charge in [-0.2, -0.15) is 0 Å². The summed E-state index contributed by atoms with van der Waals surface area (Å²) in [6.07, 6.45) is 1.30. The van der Waals surface area contributed by atoms with Gasteiger partial charge in [-0.15, -0.1) is 0 Å². The molecule has 0 atom stereocenters. The first-order chi connectivity index (χ1) is 13.5. The standard InChI is InChI=1S/C22H25N3O3/c1-16(26)24-20-9-5-8-19(14-20)22(28)25-12-10-18(11-13-25)21(27)23-15-17-6-3-2-4-7-17/h2-9,14,18H,10-13,15H2,1H3,(H,23,27)(H,24,26). The monoisotopic (exact) mass is 379 g/mol. The van der Waals surface area contributed by atoms with Gasteiger partial charge in [-0.05, 0) is 36.6 Å². The highest BCUT2D eigenvalue weighted by atomic mass is 16.2. The number of benzene rings is 2. The molecule has 0 saturated carbocycles. The third kappa shape index (κ3) is 5.19. The van der Waals surface area contributed by atoms with E-state index in [1.54, 1.807) is 29.2 Å². The molecule has 0 aliphatic carbocycles. The molecule has 0 aromatic heterocycles. The van der Waals surface area contributed by atoms with Crippen LogP contribution in [0.4, 0.5) is 5.69 Å². The molecule has 0 bridgehead atoms. The predicted molar refractivity (Wildman–Crippen MR) is 108 cm³/mol. The third-order valence-electron chi connectivity index (χ3n) is 4.89. The van der Waals surface area contributed by atoms with Crippen LogP contribution in [0.3, 0.4) is 0 Å². The molecule has 3 amide bonds. The lowest BCUT2D eigenvalue weighted by atomic mass is 9.95. The molecule has 1 aliphatic heterocycles. The normalized spacial score (nSPS) is 14.4. The molecule has 2 aromatic rings. The highest BCUT2D eigenvalue weighted by molar-refractivity contribution is 5.97. The molecule has 28 heavy (non-hydrogen) atoms. The van der Waals surface area contributed by atoms with Crippen molar-refractivity contribution in [2.45, 2.75) is 26.3 Å². The van der Waals surface area contributed by atoms with Gasteiger partial charge in [0.05, 0.1) is 0 Å². The van der Waals surface area contributed by atoms with Crippen molar-refractivity contribution in [2.75, 3.05) is 18.4 Å². The Morgan fingerprint density at radius 1 is 1.00 bits per heavy atom. The van der Waals surface area contributed by atoms with Crippen LogP contribution >= 0.6 is 0 Å². The lowest BCUT2D eigenvalue weighted by Gasteiger charge is -2.31. The number of carbonyl (C=O) groups excluding carboxylic acids is 3. The van der Waals surface area contributed by atoms with Crippen molar-refractivity contribution in [3.8, 4) is 0 Å². The lowest BCUT2D eigenvalue weighted by molar-refractivity contribution is -0.126. The molecule has 146 valence electrons. The molecule has 2 N–H and O–H groups in total. The summed E-state index contributed by atoms with van der Waals surface area (Å²) >= 11 is 0. The number of piperidine rings is 1. The molecule has 0 spiro atoms. The van der Waals surface area contributed by atoms with Gasteiger partial charge in [-0.25, -0.2) is 0 Å². The van der Waals surface area contributed by atoms with Crippen LogP contribution in [0.1, 0.15) is 35.7 Å². The first-order valence-electron chi connectivity index (χ1n) is 9.51. The molecule has 1 fully saturated rings. The second kappa shape index (κ2) is 9.17. The van der Waals surface area contributed by atoms with E-state index in [9.17, 15) is 14.4 Å². The van der Waals surface area contributed by atoms with Gasteiger partial charge in [0.2, 0.25) is 11.8 Å². The number of likely N-dealkylation sites (tertiary alicyclic amines) is 1. The smallest absolute Gasteiger partial charge is 0.253 e.